The summed E-state index contributed by atoms with van der Waals surface area (Å²) in [6, 6.07) is 15.5. The van der Waals surface area contributed by atoms with Crippen LogP contribution in [0.4, 0.5) is 11.4 Å². The Kier molecular flexibility index (Phi) is 6.26. The molecule has 1 aromatic heterocycles. The van der Waals surface area contributed by atoms with Crippen LogP contribution in [0, 0.1) is 5.41 Å². The van der Waals surface area contributed by atoms with Crippen molar-refractivity contribution in [3.8, 4) is 16.9 Å². The van der Waals surface area contributed by atoms with E-state index in [2.05, 4.69) is 20.4 Å². The summed E-state index contributed by atoms with van der Waals surface area (Å²) in [5.74, 6) is 0.850. The van der Waals surface area contributed by atoms with E-state index in [4.69, 9.17) is 4.74 Å². The summed E-state index contributed by atoms with van der Waals surface area (Å²) in [7, 11) is 1.65. The number of hydrogen-bond acceptors (Lipinski definition) is 6. The number of likely N-dealkylation sites (tertiary alicyclic amines) is 1. The summed E-state index contributed by atoms with van der Waals surface area (Å²) in [4.78, 5) is 18.0. The maximum atomic E-state index is 13.8. The number of hydrogen-bond donors (Lipinski definition) is 3. The minimum absolute atomic E-state index is 0.0921. The zero-order chi connectivity index (χ0) is 23.5. The molecule has 2 aliphatic rings. The number of aliphatic hydroxyl groups excluding tert-OH is 1. The van der Waals surface area contributed by atoms with Crippen LogP contribution in [0.15, 0.2) is 60.9 Å². The van der Waals surface area contributed by atoms with Crippen LogP contribution in [0.3, 0.4) is 0 Å². The number of aromatic nitrogens is 2. The highest BCUT2D eigenvalue weighted by atomic mass is 16.5. The van der Waals surface area contributed by atoms with Crippen molar-refractivity contribution in [2.75, 3.05) is 50.1 Å². The summed E-state index contributed by atoms with van der Waals surface area (Å²) in [5, 5.41) is 19.8. The molecule has 2 fully saturated rings. The zero-order valence-electron chi connectivity index (χ0n) is 19.4. The van der Waals surface area contributed by atoms with Gasteiger partial charge in [-0.2, -0.15) is 5.10 Å². The van der Waals surface area contributed by atoms with E-state index in [9.17, 15) is 9.90 Å². The average Bonchev–Trinajstić information content (AvgIpc) is 3.50. The second kappa shape index (κ2) is 9.48. The van der Waals surface area contributed by atoms with Crippen molar-refractivity contribution in [3.63, 3.8) is 0 Å². The lowest BCUT2D eigenvalue weighted by Gasteiger charge is -2.41. The highest BCUT2D eigenvalue weighted by molar-refractivity contribution is 6.02. The second-order valence-electron chi connectivity index (χ2n) is 9.20. The van der Waals surface area contributed by atoms with Gasteiger partial charge in [-0.1, -0.05) is 18.2 Å². The maximum Gasteiger partial charge on any atom is 0.250 e. The first-order chi connectivity index (χ1) is 16.6. The number of β-amino-alcohol motifs (C(OH)–C–C–N with tert-alkyl or cyclic N) is 1. The van der Waals surface area contributed by atoms with E-state index in [1.807, 2.05) is 59.6 Å². The van der Waals surface area contributed by atoms with Crippen LogP contribution in [0.1, 0.15) is 12.8 Å². The summed E-state index contributed by atoms with van der Waals surface area (Å²) < 4.78 is 5.38. The topological polar surface area (TPSA) is 93.7 Å². The predicted molar refractivity (Wildman–Crippen MR) is 132 cm³/mol. The molecule has 8 nitrogen and oxygen atoms in total. The van der Waals surface area contributed by atoms with Gasteiger partial charge in [0.2, 0.25) is 5.91 Å². The zero-order valence-corrected chi connectivity index (χ0v) is 19.4. The molecule has 3 N–H and O–H groups in total. The van der Waals surface area contributed by atoms with Crippen LogP contribution >= 0.6 is 0 Å². The number of amides is 1. The fraction of sp³-hybridized carbons (Fsp3) is 0.385. The molecule has 0 bridgehead atoms. The number of aliphatic hydroxyl groups is 1. The second-order valence-corrected chi connectivity index (χ2v) is 9.20. The first-order valence-corrected chi connectivity index (χ1v) is 11.8. The standard InChI is InChI=1S/C26H31N5O3/c1-34-23-4-2-3-21(15-23)29-24-25(33)31(18-26(24)9-11-30(12-10-26)13-14-32)22-7-5-19(6-8-22)20-16-27-28-17-20/h2-8,15-17,24,29,32H,9-14,18H2,1H3,(H,27,28). The van der Waals surface area contributed by atoms with Crippen molar-refractivity contribution < 1.29 is 14.6 Å². The van der Waals surface area contributed by atoms with Crippen LogP contribution in [0.25, 0.3) is 11.1 Å². The van der Waals surface area contributed by atoms with Crippen LogP contribution in [0.2, 0.25) is 0 Å². The normalized spacial score (nSPS) is 20.1. The van der Waals surface area contributed by atoms with Crippen molar-refractivity contribution in [1.82, 2.24) is 15.1 Å². The van der Waals surface area contributed by atoms with E-state index in [1.165, 1.54) is 0 Å². The number of carbonyl (C=O) groups is 1. The van der Waals surface area contributed by atoms with Gasteiger partial charge in [-0.15, -0.1) is 0 Å². The lowest BCUT2D eigenvalue weighted by molar-refractivity contribution is -0.119. The predicted octanol–water partition coefficient (Wildman–Crippen LogP) is 2.99. The van der Waals surface area contributed by atoms with E-state index in [0.29, 0.717) is 13.1 Å². The minimum atomic E-state index is -0.329. The minimum Gasteiger partial charge on any atom is -0.497 e. The number of rotatable bonds is 7. The summed E-state index contributed by atoms with van der Waals surface area (Å²) >= 11 is 0. The molecule has 0 saturated carbocycles. The van der Waals surface area contributed by atoms with Crippen LogP contribution in [0.5, 0.6) is 5.75 Å². The molecule has 34 heavy (non-hydrogen) atoms. The van der Waals surface area contributed by atoms with Gasteiger partial charge < -0.3 is 25.0 Å². The number of piperidine rings is 1. The molecule has 0 aliphatic carbocycles. The van der Waals surface area contributed by atoms with Crippen molar-refractivity contribution in [1.29, 1.82) is 0 Å². The Morgan fingerprint density at radius 3 is 2.65 bits per heavy atom. The number of carbonyl (C=O) groups excluding carboxylic acids is 1. The maximum absolute atomic E-state index is 13.8. The lowest BCUT2D eigenvalue weighted by atomic mass is 9.74. The Morgan fingerprint density at radius 1 is 1.18 bits per heavy atom. The summed E-state index contributed by atoms with van der Waals surface area (Å²) in [6.07, 6.45) is 5.44. The van der Waals surface area contributed by atoms with E-state index >= 15 is 0 Å². The monoisotopic (exact) mass is 461 g/mol. The first kappa shape index (κ1) is 22.4. The molecular weight excluding hydrogens is 430 g/mol. The fourth-order valence-electron chi connectivity index (χ4n) is 5.27. The van der Waals surface area contributed by atoms with Gasteiger partial charge in [0, 0.05) is 47.7 Å². The van der Waals surface area contributed by atoms with E-state index in [1.54, 1.807) is 13.3 Å². The molecule has 2 aliphatic heterocycles. The number of aromatic amines is 1. The number of nitrogens with zero attached hydrogens (tertiary/aromatic N) is 3. The molecule has 2 aromatic carbocycles. The molecule has 178 valence electrons. The molecule has 1 amide bonds. The number of nitrogens with one attached hydrogen (secondary N) is 2. The molecule has 2 saturated heterocycles. The van der Waals surface area contributed by atoms with Crippen molar-refractivity contribution in [2.45, 2.75) is 18.9 Å². The van der Waals surface area contributed by atoms with Crippen molar-refractivity contribution in [3.05, 3.63) is 60.9 Å². The third kappa shape index (κ3) is 4.26. The molecule has 3 heterocycles. The summed E-state index contributed by atoms with van der Waals surface area (Å²) in [5.41, 5.74) is 3.68. The molecule has 1 unspecified atom stereocenters. The molecule has 3 aromatic rings. The summed E-state index contributed by atoms with van der Waals surface area (Å²) in [6.45, 7) is 3.25. The SMILES string of the molecule is COc1cccc(NC2C(=O)N(c3ccc(-c4cn[nH]c4)cc3)CC23CCN(CCO)CC3)c1. The van der Waals surface area contributed by atoms with Gasteiger partial charge in [-0.05, 0) is 55.8 Å². The molecular formula is C26H31N5O3. The molecule has 8 heteroatoms. The van der Waals surface area contributed by atoms with Gasteiger partial charge in [-0.3, -0.25) is 9.89 Å². The molecule has 5 rings (SSSR count). The molecule has 1 atom stereocenters. The first-order valence-electron chi connectivity index (χ1n) is 11.8. The number of ether oxygens (including phenoxy) is 1. The van der Waals surface area contributed by atoms with Gasteiger partial charge in [0.15, 0.2) is 0 Å². The number of H-pyrrole nitrogens is 1. The smallest absolute Gasteiger partial charge is 0.250 e. The van der Waals surface area contributed by atoms with E-state index < -0.39 is 0 Å². The third-order valence-electron chi connectivity index (χ3n) is 7.26. The van der Waals surface area contributed by atoms with Crippen molar-refractivity contribution >= 4 is 17.3 Å². The third-order valence-corrected chi connectivity index (χ3v) is 7.26. The Bertz CT molecular complexity index is 1110. The largest absolute Gasteiger partial charge is 0.497 e. The van der Waals surface area contributed by atoms with Gasteiger partial charge in [0.1, 0.15) is 11.8 Å². The Balaban J connectivity index is 1.42. The van der Waals surface area contributed by atoms with Gasteiger partial charge in [0.05, 0.1) is 19.9 Å². The Hall–Kier alpha value is -3.36. The highest BCUT2D eigenvalue weighted by Crippen LogP contribution is 2.44. The van der Waals surface area contributed by atoms with Gasteiger partial charge in [0.25, 0.3) is 0 Å². The van der Waals surface area contributed by atoms with Crippen LogP contribution in [-0.4, -0.2) is 72.0 Å². The Morgan fingerprint density at radius 2 is 1.97 bits per heavy atom. The Labute approximate surface area is 199 Å². The van der Waals surface area contributed by atoms with Gasteiger partial charge >= 0.3 is 0 Å². The van der Waals surface area contributed by atoms with E-state index in [0.717, 1.165) is 54.2 Å². The fourth-order valence-corrected chi connectivity index (χ4v) is 5.27. The number of benzene rings is 2. The van der Waals surface area contributed by atoms with Gasteiger partial charge in [-0.25, -0.2) is 0 Å². The number of methoxy groups -OCH3 is 1. The quantitative estimate of drug-likeness (QED) is 0.501. The lowest BCUT2D eigenvalue weighted by Crippen LogP contribution is -2.49. The van der Waals surface area contributed by atoms with Crippen LogP contribution < -0.4 is 15.0 Å². The highest BCUT2D eigenvalue weighted by Gasteiger charge is 2.53. The molecule has 1 spiro atoms. The average molecular weight is 462 g/mol. The van der Waals surface area contributed by atoms with Crippen molar-refractivity contribution in [2.24, 2.45) is 5.41 Å². The molecule has 0 radical (unpaired) electrons. The number of anilines is 2. The van der Waals surface area contributed by atoms with E-state index in [-0.39, 0.29) is 24.0 Å². The van der Waals surface area contributed by atoms with Crippen LogP contribution in [-0.2, 0) is 4.79 Å².